The van der Waals surface area contributed by atoms with Crippen molar-refractivity contribution in [1.29, 1.82) is 0 Å². The highest BCUT2D eigenvalue weighted by Gasteiger charge is 2.37. The van der Waals surface area contributed by atoms with Crippen molar-refractivity contribution in [3.05, 3.63) is 23.8 Å². The average Bonchev–Trinajstić information content (AvgIpc) is 2.07. The second-order valence-electron chi connectivity index (χ2n) is 3.85. The van der Waals surface area contributed by atoms with Gasteiger partial charge < -0.3 is 0 Å². The molecule has 2 aliphatic rings. The lowest BCUT2D eigenvalue weighted by Crippen LogP contribution is -2.32. The topological polar surface area (TPSA) is 17.1 Å². The number of hydrogen-bond acceptors (Lipinski definition) is 1. The van der Waals surface area contributed by atoms with Gasteiger partial charge in [0.1, 0.15) is 5.78 Å². The van der Waals surface area contributed by atoms with Crippen molar-refractivity contribution in [2.75, 3.05) is 0 Å². The third-order valence-corrected chi connectivity index (χ3v) is 3.05. The van der Waals surface area contributed by atoms with E-state index in [0.717, 1.165) is 25.7 Å². The van der Waals surface area contributed by atoms with Crippen LogP contribution in [0.25, 0.3) is 0 Å². The first kappa shape index (κ1) is 7.78. The van der Waals surface area contributed by atoms with Crippen LogP contribution in [-0.2, 0) is 4.79 Å². The molecule has 1 fully saturated rings. The molecule has 0 aromatic carbocycles. The smallest absolute Gasteiger partial charge is 0.146 e. The summed E-state index contributed by atoms with van der Waals surface area (Å²) >= 11 is 0. The lowest BCUT2D eigenvalue weighted by atomic mass is 9.68. The zero-order valence-electron chi connectivity index (χ0n) is 7.47. The molecule has 1 atom stereocenters. The number of carbonyl (C=O) groups excluding carboxylic acids is 1. The summed E-state index contributed by atoms with van der Waals surface area (Å²) < 4.78 is 0. The van der Waals surface area contributed by atoms with E-state index in [0.29, 0.717) is 5.78 Å². The van der Waals surface area contributed by atoms with Gasteiger partial charge in [-0.15, -0.1) is 0 Å². The number of fused-ring (bicyclic) bond motifs is 1. The minimum absolute atomic E-state index is 0.226. The molecule has 1 nitrogen and oxygen atoms in total. The normalized spacial score (nSPS) is 34.4. The van der Waals surface area contributed by atoms with Gasteiger partial charge in [-0.3, -0.25) is 4.79 Å². The van der Waals surface area contributed by atoms with Crippen LogP contribution in [0.1, 0.15) is 32.6 Å². The zero-order chi connectivity index (χ0) is 8.60. The molecular formula is C11H14O. The minimum Gasteiger partial charge on any atom is -0.298 e. The number of ketones is 1. The summed E-state index contributed by atoms with van der Waals surface area (Å²) in [6.07, 6.45) is 10.4. The maximum Gasteiger partial charge on any atom is 0.146 e. The number of rotatable bonds is 0. The van der Waals surface area contributed by atoms with Crippen molar-refractivity contribution in [3.8, 4) is 0 Å². The fourth-order valence-electron chi connectivity index (χ4n) is 2.17. The number of carbonyl (C=O) groups is 1. The summed E-state index contributed by atoms with van der Waals surface area (Å²) in [5.41, 5.74) is 1.12. The van der Waals surface area contributed by atoms with E-state index in [-0.39, 0.29) is 5.41 Å². The molecule has 0 spiro atoms. The maximum atomic E-state index is 11.7. The molecule has 0 amide bonds. The fraction of sp³-hybridized carbons (Fsp3) is 0.545. The van der Waals surface area contributed by atoms with Crippen LogP contribution >= 0.6 is 0 Å². The number of allylic oxidation sites excluding steroid dienone is 4. The van der Waals surface area contributed by atoms with Gasteiger partial charge in [0.05, 0.1) is 5.41 Å². The molecule has 0 bridgehead atoms. The highest BCUT2D eigenvalue weighted by atomic mass is 16.1. The molecule has 64 valence electrons. The number of Topliss-reactive ketones (excluding diaryl/α,β-unsaturated/α-hetero) is 1. The maximum absolute atomic E-state index is 11.7. The Morgan fingerprint density at radius 3 is 3.00 bits per heavy atom. The molecule has 2 rings (SSSR count). The van der Waals surface area contributed by atoms with Crippen molar-refractivity contribution in [2.24, 2.45) is 5.41 Å². The summed E-state index contributed by atoms with van der Waals surface area (Å²) in [5.74, 6) is 0.399. The van der Waals surface area contributed by atoms with Crippen LogP contribution in [0, 0.1) is 5.41 Å². The van der Waals surface area contributed by atoms with Gasteiger partial charge in [-0.05, 0) is 26.2 Å². The molecule has 0 saturated heterocycles. The minimum atomic E-state index is -0.226. The van der Waals surface area contributed by atoms with E-state index in [4.69, 9.17) is 0 Å². The van der Waals surface area contributed by atoms with E-state index < -0.39 is 0 Å². The van der Waals surface area contributed by atoms with Crippen LogP contribution in [0.5, 0.6) is 0 Å². The van der Waals surface area contributed by atoms with Gasteiger partial charge in [0, 0.05) is 6.42 Å². The van der Waals surface area contributed by atoms with Crippen molar-refractivity contribution in [3.63, 3.8) is 0 Å². The van der Waals surface area contributed by atoms with E-state index >= 15 is 0 Å². The van der Waals surface area contributed by atoms with Crippen molar-refractivity contribution in [1.82, 2.24) is 0 Å². The van der Waals surface area contributed by atoms with E-state index in [1.807, 2.05) is 0 Å². The van der Waals surface area contributed by atoms with Crippen LogP contribution in [0.3, 0.4) is 0 Å². The molecule has 1 saturated carbocycles. The molecule has 0 aromatic rings. The zero-order valence-corrected chi connectivity index (χ0v) is 7.47. The van der Waals surface area contributed by atoms with Crippen molar-refractivity contribution >= 4 is 5.78 Å². The third-order valence-electron chi connectivity index (χ3n) is 3.05. The Morgan fingerprint density at radius 2 is 2.25 bits per heavy atom. The Balaban J connectivity index is 2.39. The third kappa shape index (κ3) is 0.961. The largest absolute Gasteiger partial charge is 0.298 e. The predicted molar refractivity (Wildman–Crippen MR) is 48.8 cm³/mol. The Labute approximate surface area is 73.2 Å². The van der Waals surface area contributed by atoms with Crippen LogP contribution in [-0.4, -0.2) is 5.78 Å². The standard InChI is InChI=1S/C11H14O/c1-11-8-3-2-5-9(11)6-4-7-10(11)12/h3,5,8H,2,4,6-7H2,1H3/t11-/m0/s1. The second kappa shape index (κ2) is 2.58. The van der Waals surface area contributed by atoms with E-state index in [1.54, 1.807) is 0 Å². The molecule has 0 heterocycles. The highest BCUT2D eigenvalue weighted by molar-refractivity contribution is 5.90. The summed E-state index contributed by atoms with van der Waals surface area (Å²) in [6.45, 7) is 2.05. The summed E-state index contributed by atoms with van der Waals surface area (Å²) in [4.78, 5) is 11.7. The summed E-state index contributed by atoms with van der Waals surface area (Å²) in [5, 5.41) is 0. The molecule has 12 heavy (non-hydrogen) atoms. The monoisotopic (exact) mass is 162 g/mol. The Kier molecular flexibility index (Phi) is 1.67. The molecule has 0 N–H and O–H groups in total. The van der Waals surface area contributed by atoms with E-state index in [9.17, 15) is 4.79 Å². The molecule has 1 heteroatoms. The van der Waals surface area contributed by atoms with Crippen LogP contribution in [0.4, 0.5) is 0 Å². The van der Waals surface area contributed by atoms with Crippen molar-refractivity contribution < 1.29 is 4.79 Å². The van der Waals surface area contributed by atoms with Crippen LogP contribution in [0.15, 0.2) is 23.8 Å². The van der Waals surface area contributed by atoms with Gasteiger partial charge in [-0.25, -0.2) is 0 Å². The van der Waals surface area contributed by atoms with Gasteiger partial charge in [0.15, 0.2) is 0 Å². The first-order chi connectivity index (χ1) is 5.73. The van der Waals surface area contributed by atoms with Gasteiger partial charge in [0.2, 0.25) is 0 Å². The van der Waals surface area contributed by atoms with Crippen molar-refractivity contribution in [2.45, 2.75) is 32.6 Å². The first-order valence-corrected chi connectivity index (χ1v) is 4.64. The Morgan fingerprint density at radius 1 is 1.42 bits per heavy atom. The predicted octanol–water partition coefficient (Wildman–Crippen LogP) is 2.63. The van der Waals surface area contributed by atoms with Gasteiger partial charge >= 0.3 is 0 Å². The average molecular weight is 162 g/mol. The van der Waals surface area contributed by atoms with Gasteiger partial charge in [0.25, 0.3) is 0 Å². The second-order valence-corrected chi connectivity index (χ2v) is 3.85. The molecule has 0 aliphatic heterocycles. The summed E-state index contributed by atoms with van der Waals surface area (Å²) in [7, 11) is 0. The summed E-state index contributed by atoms with van der Waals surface area (Å²) in [6, 6.07) is 0. The Bertz CT molecular complexity index is 273. The van der Waals surface area contributed by atoms with E-state index in [2.05, 4.69) is 25.2 Å². The van der Waals surface area contributed by atoms with Crippen LogP contribution < -0.4 is 0 Å². The molecule has 0 radical (unpaired) electrons. The quantitative estimate of drug-likeness (QED) is 0.500. The first-order valence-electron chi connectivity index (χ1n) is 4.64. The highest BCUT2D eigenvalue weighted by Crippen LogP contribution is 2.41. The molecule has 0 unspecified atom stereocenters. The molecule has 0 aromatic heterocycles. The SMILES string of the molecule is C[C@]12C=CCC=C1CCCC2=O. The Hall–Kier alpha value is -0.850. The van der Waals surface area contributed by atoms with E-state index in [1.165, 1.54) is 5.57 Å². The fourth-order valence-corrected chi connectivity index (χ4v) is 2.17. The van der Waals surface area contributed by atoms with Crippen LogP contribution in [0.2, 0.25) is 0 Å². The van der Waals surface area contributed by atoms with Gasteiger partial charge in [-0.1, -0.05) is 23.8 Å². The lowest BCUT2D eigenvalue weighted by molar-refractivity contribution is -0.125. The van der Waals surface area contributed by atoms with Gasteiger partial charge in [-0.2, -0.15) is 0 Å². The molecular weight excluding hydrogens is 148 g/mol. The lowest BCUT2D eigenvalue weighted by Gasteiger charge is -2.34. The molecule has 2 aliphatic carbocycles. The number of hydrogen-bond donors (Lipinski definition) is 0.